The summed E-state index contributed by atoms with van der Waals surface area (Å²) in [5, 5.41) is 6.71. The highest BCUT2D eigenvalue weighted by Crippen LogP contribution is 2.24. The highest BCUT2D eigenvalue weighted by molar-refractivity contribution is 7.99. The summed E-state index contributed by atoms with van der Waals surface area (Å²) in [4.78, 5) is 14.6. The Balaban J connectivity index is 1.70. The highest BCUT2D eigenvalue weighted by atomic mass is 32.2. The van der Waals surface area contributed by atoms with Crippen molar-refractivity contribution < 1.29 is 9.18 Å². The van der Waals surface area contributed by atoms with E-state index in [4.69, 9.17) is 0 Å². The SMILES string of the molecule is O=C(CC1CSCCN1)N1CCNCC1c1cccc(F)c1. The molecule has 6 heteroatoms. The van der Waals surface area contributed by atoms with Crippen molar-refractivity contribution in [1.82, 2.24) is 15.5 Å². The molecule has 0 spiro atoms. The van der Waals surface area contributed by atoms with Crippen LogP contribution < -0.4 is 10.6 Å². The summed E-state index contributed by atoms with van der Waals surface area (Å²) < 4.78 is 13.5. The zero-order valence-electron chi connectivity index (χ0n) is 12.6. The fourth-order valence-electron chi connectivity index (χ4n) is 3.09. The number of rotatable bonds is 3. The van der Waals surface area contributed by atoms with Crippen molar-refractivity contribution in [3.05, 3.63) is 35.6 Å². The number of halogens is 1. The van der Waals surface area contributed by atoms with Crippen LogP contribution in [0, 0.1) is 5.82 Å². The largest absolute Gasteiger partial charge is 0.333 e. The van der Waals surface area contributed by atoms with Gasteiger partial charge in [-0.1, -0.05) is 12.1 Å². The molecule has 2 N–H and O–H groups in total. The standard InChI is InChI=1S/C16H22FN3OS/c17-13-3-1-2-12(8-13)15-10-18-4-6-20(15)16(21)9-14-11-22-7-5-19-14/h1-3,8,14-15,18-19H,4-7,9-11H2. The molecule has 2 saturated heterocycles. The number of amides is 1. The van der Waals surface area contributed by atoms with Gasteiger partial charge in [0.25, 0.3) is 0 Å². The number of piperazine rings is 1. The average molecular weight is 323 g/mol. The third kappa shape index (κ3) is 3.80. The molecule has 4 nitrogen and oxygen atoms in total. The maximum atomic E-state index is 13.5. The Morgan fingerprint density at radius 2 is 2.32 bits per heavy atom. The van der Waals surface area contributed by atoms with Crippen LogP contribution in [-0.4, -0.2) is 54.5 Å². The predicted molar refractivity (Wildman–Crippen MR) is 87.5 cm³/mol. The Hall–Kier alpha value is -1.11. The molecule has 2 aliphatic rings. The lowest BCUT2D eigenvalue weighted by Crippen LogP contribution is -2.50. The molecule has 2 unspecified atom stereocenters. The monoisotopic (exact) mass is 323 g/mol. The van der Waals surface area contributed by atoms with Crippen LogP contribution >= 0.6 is 11.8 Å². The Kier molecular flexibility index (Phi) is 5.33. The quantitative estimate of drug-likeness (QED) is 0.882. The van der Waals surface area contributed by atoms with Crippen LogP contribution in [0.15, 0.2) is 24.3 Å². The van der Waals surface area contributed by atoms with Gasteiger partial charge in [0.1, 0.15) is 5.82 Å². The Morgan fingerprint density at radius 3 is 3.09 bits per heavy atom. The van der Waals surface area contributed by atoms with Gasteiger partial charge in [0.2, 0.25) is 5.91 Å². The summed E-state index contributed by atoms with van der Waals surface area (Å²) in [7, 11) is 0. The zero-order valence-corrected chi connectivity index (χ0v) is 13.4. The van der Waals surface area contributed by atoms with E-state index < -0.39 is 0 Å². The first-order chi connectivity index (χ1) is 10.7. The van der Waals surface area contributed by atoms with E-state index >= 15 is 0 Å². The Morgan fingerprint density at radius 1 is 1.41 bits per heavy atom. The lowest BCUT2D eigenvalue weighted by molar-refractivity contribution is -0.135. The minimum absolute atomic E-state index is 0.0757. The van der Waals surface area contributed by atoms with Crippen LogP contribution in [-0.2, 0) is 4.79 Å². The molecule has 0 bridgehead atoms. The normalized spacial score (nSPS) is 26.0. The van der Waals surface area contributed by atoms with Gasteiger partial charge in [0.15, 0.2) is 0 Å². The van der Waals surface area contributed by atoms with Crippen LogP contribution in [0.2, 0.25) is 0 Å². The van der Waals surface area contributed by atoms with Crippen molar-refractivity contribution >= 4 is 17.7 Å². The summed E-state index contributed by atoms with van der Waals surface area (Å²) >= 11 is 1.90. The van der Waals surface area contributed by atoms with Crippen molar-refractivity contribution in [2.45, 2.75) is 18.5 Å². The van der Waals surface area contributed by atoms with E-state index in [1.165, 1.54) is 12.1 Å². The molecular weight excluding hydrogens is 301 g/mol. The second kappa shape index (κ2) is 7.44. The summed E-state index contributed by atoms with van der Waals surface area (Å²) in [5.41, 5.74) is 0.867. The van der Waals surface area contributed by atoms with Gasteiger partial charge in [0, 0.05) is 50.1 Å². The first-order valence-electron chi connectivity index (χ1n) is 7.81. The van der Waals surface area contributed by atoms with Gasteiger partial charge in [0.05, 0.1) is 6.04 Å². The predicted octanol–water partition coefficient (Wildman–Crippen LogP) is 1.39. The summed E-state index contributed by atoms with van der Waals surface area (Å²) in [6.07, 6.45) is 0.527. The van der Waals surface area contributed by atoms with Gasteiger partial charge in [-0.3, -0.25) is 4.79 Å². The lowest BCUT2D eigenvalue weighted by Gasteiger charge is -2.37. The Bertz CT molecular complexity index is 522. The molecule has 2 heterocycles. The number of carbonyl (C=O) groups is 1. The summed E-state index contributed by atoms with van der Waals surface area (Å²) in [6.45, 7) is 3.13. The fraction of sp³-hybridized carbons (Fsp3) is 0.562. The number of benzene rings is 1. The number of hydrogen-bond acceptors (Lipinski definition) is 4. The van der Waals surface area contributed by atoms with E-state index in [1.54, 1.807) is 6.07 Å². The van der Waals surface area contributed by atoms with Crippen molar-refractivity contribution in [2.75, 3.05) is 37.7 Å². The van der Waals surface area contributed by atoms with Gasteiger partial charge in [-0.05, 0) is 17.7 Å². The molecule has 0 aliphatic carbocycles. The molecule has 3 rings (SSSR count). The Labute approximate surface area is 134 Å². The fourth-order valence-corrected chi connectivity index (χ4v) is 4.04. The molecule has 1 aromatic rings. The van der Waals surface area contributed by atoms with Crippen LogP contribution in [0.3, 0.4) is 0 Å². The van der Waals surface area contributed by atoms with Crippen molar-refractivity contribution in [3.63, 3.8) is 0 Å². The molecule has 0 aromatic heterocycles. The molecule has 1 amide bonds. The van der Waals surface area contributed by atoms with Gasteiger partial charge in [-0.25, -0.2) is 4.39 Å². The van der Waals surface area contributed by atoms with Crippen LogP contribution in [0.5, 0.6) is 0 Å². The van der Waals surface area contributed by atoms with Gasteiger partial charge >= 0.3 is 0 Å². The van der Waals surface area contributed by atoms with E-state index in [-0.39, 0.29) is 23.8 Å². The maximum absolute atomic E-state index is 13.5. The van der Waals surface area contributed by atoms with E-state index in [0.717, 1.165) is 30.2 Å². The lowest BCUT2D eigenvalue weighted by atomic mass is 10.0. The molecule has 0 radical (unpaired) electrons. The maximum Gasteiger partial charge on any atom is 0.224 e. The molecule has 2 atom stereocenters. The minimum atomic E-state index is -0.249. The van der Waals surface area contributed by atoms with Crippen molar-refractivity contribution in [1.29, 1.82) is 0 Å². The number of nitrogens with zero attached hydrogens (tertiary/aromatic N) is 1. The third-order valence-corrected chi connectivity index (χ3v) is 5.35. The molecule has 0 saturated carbocycles. The third-order valence-electron chi connectivity index (χ3n) is 4.22. The summed E-state index contributed by atoms with van der Waals surface area (Å²) in [6, 6.07) is 6.76. The number of hydrogen-bond donors (Lipinski definition) is 2. The van der Waals surface area contributed by atoms with Gasteiger partial charge < -0.3 is 15.5 Å². The smallest absolute Gasteiger partial charge is 0.224 e. The van der Waals surface area contributed by atoms with E-state index in [9.17, 15) is 9.18 Å². The van der Waals surface area contributed by atoms with Crippen LogP contribution in [0.25, 0.3) is 0 Å². The zero-order chi connectivity index (χ0) is 15.4. The minimum Gasteiger partial charge on any atom is -0.333 e. The van der Waals surface area contributed by atoms with Gasteiger partial charge in [-0.15, -0.1) is 0 Å². The van der Waals surface area contributed by atoms with Crippen molar-refractivity contribution in [2.24, 2.45) is 0 Å². The van der Waals surface area contributed by atoms with Gasteiger partial charge in [-0.2, -0.15) is 11.8 Å². The first kappa shape index (κ1) is 15.8. The second-order valence-electron chi connectivity index (χ2n) is 5.79. The summed E-state index contributed by atoms with van der Waals surface area (Å²) in [5.74, 6) is 2.02. The molecule has 1 aromatic carbocycles. The number of carbonyl (C=O) groups excluding carboxylic acids is 1. The van der Waals surface area contributed by atoms with Crippen molar-refractivity contribution in [3.8, 4) is 0 Å². The van der Waals surface area contributed by atoms with Crippen LogP contribution in [0.1, 0.15) is 18.0 Å². The first-order valence-corrected chi connectivity index (χ1v) is 8.96. The van der Waals surface area contributed by atoms with E-state index in [1.807, 2.05) is 22.7 Å². The second-order valence-corrected chi connectivity index (χ2v) is 6.94. The molecule has 120 valence electrons. The number of nitrogens with one attached hydrogen (secondary N) is 2. The average Bonchev–Trinajstić information content (AvgIpc) is 2.56. The molecule has 2 aliphatic heterocycles. The molecular formula is C16H22FN3OS. The number of thioether (sulfide) groups is 1. The molecule has 2 fully saturated rings. The molecule has 22 heavy (non-hydrogen) atoms. The van der Waals surface area contributed by atoms with Crippen LogP contribution in [0.4, 0.5) is 4.39 Å². The highest BCUT2D eigenvalue weighted by Gasteiger charge is 2.29. The topological polar surface area (TPSA) is 44.4 Å². The van der Waals surface area contributed by atoms with E-state index in [2.05, 4.69) is 10.6 Å². The van der Waals surface area contributed by atoms with E-state index in [0.29, 0.717) is 19.5 Å².